The number of benzene rings is 1. The number of hydrogen-bond donors (Lipinski definition) is 3. The predicted molar refractivity (Wildman–Crippen MR) is 97.7 cm³/mol. The maximum atomic E-state index is 12.6. The van der Waals surface area contributed by atoms with Gasteiger partial charge in [-0.05, 0) is 18.3 Å². The van der Waals surface area contributed by atoms with Gasteiger partial charge in [-0.3, -0.25) is 14.7 Å². The second-order valence-corrected chi connectivity index (χ2v) is 6.21. The van der Waals surface area contributed by atoms with E-state index in [1.54, 1.807) is 20.3 Å². The molecule has 0 spiro atoms. The van der Waals surface area contributed by atoms with Crippen molar-refractivity contribution in [1.29, 1.82) is 0 Å². The van der Waals surface area contributed by atoms with Crippen molar-refractivity contribution < 1.29 is 19.3 Å². The Morgan fingerprint density at radius 2 is 1.96 bits per heavy atom. The monoisotopic (exact) mass is 379 g/mol. The quantitative estimate of drug-likeness (QED) is 0.678. The molecule has 3 N–H and O–H groups in total. The van der Waals surface area contributed by atoms with Crippen molar-refractivity contribution in [2.45, 2.75) is 6.04 Å². The van der Waals surface area contributed by atoms with E-state index >= 15 is 0 Å². The second-order valence-electron chi connectivity index (χ2n) is 5.80. The van der Waals surface area contributed by atoms with Gasteiger partial charge in [0, 0.05) is 18.7 Å². The highest BCUT2D eigenvalue weighted by Crippen LogP contribution is 2.40. The maximum Gasteiger partial charge on any atom is 0.260 e. The lowest BCUT2D eigenvalue weighted by Crippen LogP contribution is -2.41. The van der Waals surface area contributed by atoms with Gasteiger partial charge in [-0.1, -0.05) is 12.1 Å². The first kappa shape index (κ1) is 18.4. The number of para-hydroxylation sites is 1. The summed E-state index contributed by atoms with van der Waals surface area (Å²) < 4.78 is 16.4. The molecule has 1 aromatic carbocycles. The lowest BCUT2D eigenvalue weighted by atomic mass is 9.96. The molecule has 1 fully saturated rings. The molecule has 2 heterocycles. The van der Waals surface area contributed by atoms with Crippen LogP contribution in [0.3, 0.4) is 0 Å². The summed E-state index contributed by atoms with van der Waals surface area (Å²) in [6.45, 7) is 2.26. The molecule has 9 heteroatoms. The minimum absolute atomic E-state index is 0.0644. The Morgan fingerprint density at radius 3 is 2.58 bits per heavy atom. The number of hydrogen-bond acceptors (Lipinski definition) is 7. The largest absolute Gasteiger partial charge is 0.494 e. The van der Waals surface area contributed by atoms with E-state index in [0.29, 0.717) is 43.4 Å². The SMILES string of the molecule is COc1cccc([C@H](c2c(O)[nH]c(=S)[nH]c2=O)N2CCOCC2)c1OC. The molecule has 3 rings (SSSR count). The molecule has 0 unspecified atom stereocenters. The molecular weight excluding hydrogens is 358 g/mol. The molecule has 1 saturated heterocycles. The third-order valence-corrected chi connectivity index (χ3v) is 4.58. The van der Waals surface area contributed by atoms with Crippen LogP contribution in [0.15, 0.2) is 23.0 Å². The number of aromatic hydroxyl groups is 1. The van der Waals surface area contributed by atoms with Crippen LogP contribution in [0.5, 0.6) is 17.4 Å². The van der Waals surface area contributed by atoms with Crippen molar-refractivity contribution in [3.63, 3.8) is 0 Å². The van der Waals surface area contributed by atoms with Gasteiger partial charge >= 0.3 is 0 Å². The topological polar surface area (TPSA) is 99.8 Å². The highest BCUT2D eigenvalue weighted by Gasteiger charge is 2.32. The molecule has 140 valence electrons. The van der Waals surface area contributed by atoms with E-state index in [0.717, 1.165) is 0 Å². The van der Waals surface area contributed by atoms with Crippen LogP contribution in [0, 0.1) is 4.77 Å². The molecule has 2 aromatic rings. The first-order chi connectivity index (χ1) is 12.6. The first-order valence-electron chi connectivity index (χ1n) is 8.15. The van der Waals surface area contributed by atoms with Crippen LogP contribution in [0.25, 0.3) is 0 Å². The molecule has 0 bridgehead atoms. The molecule has 26 heavy (non-hydrogen) atoms. The Bertz CT molecular complexity index is 889. The summed E-state index contributed by atoms with van der Waals surface area (Å²) in [4.78, 5) is 19.9. The molecule has 0 saturated carbocycles. The Kier molecular flexibility index (Phi) is 5.60. The molecule has 1 atom stereocenters. The lowest BCUT2D eigenvalue weighted by Gasteiger charge is -2.35. The molecule has 1 aliphatic heterocycles. The number of H-pyrrole nitrogens is 2. The van der Waals surface area contributed by atoms with E-state index in [9.17, 15) is 9.90 Å². The second kappa shape index (κ2) is 7.90. The van der Waals surface area contributed by atoms with Crippen LogP contribution >= 0.6 is 12.2 Å². The molecule has 0 aliphatic carbocycles. The van der Waals surface area contributed by atoms with Crippen LogP contribution in [0.4, 0.5) is 0 Å². The van der Waals surface area contributed by atoms with E-state index in [-0.39, 0.29) is 16.2 Å². The number of nitrogens with one attached hydrogen (secondary N) is 2. The van der Waals surface area contributed by atoms with Crippen LogP contribution < -0.4 is 15.0 Å². The normalized spacial score (nSPS) is 16.2. The van der Waals surface area contributed by atoms with E-state index in [1.165, 1.54) is 0 Å². The van der Waals surface area contributed by atoms with Crippen molar-refractivity contribution in [2.75, 3.05) is 40.5 Å². The Labute approximate surface area is 155 Å². The number of aromatic nitrogens is 2. The van der Waals surface area contributed by atoms with Gasteiger partial charge in [0.05, 0.1) is 39.0 Å². The maximum absolute atomic E-state index is 12.6. The summed E-state index contributed by atoms with van der Waals surface area (Å²) in [7, 11) is 3.09. The summed E-state index contributed by atoms with van der Waals surface area (Å²) in [5.74, 6) is 0.788. The lowest BCUT2D eigenvalue weighted by molar-refractivity contribution is 0.0227. The van der Waals surface area contributed by atoms with Gasteiger partial charge in [-0.15, -0.1) is 0 Å². The summed E-state index contributed by atoms with van der Waals surface area (Å²) in [6, 6.07) is 4.89. The molecule has 0 radical (unpaired) electrons. The van der Waals surface area contributed by atoms with Gasteiger partial charge < -0.3 is 24.3 Å². The number of methoxy groups -OCH3 is 2. The van der Waals surface area contributed by atoms with Gasteiger partial charge in [0.2, 0.25) is 5.88 Å². The molecule has 1 aromatic heterocycles. The van der Waals surface area contributed by atoms with Crippen LogP contribution in [-0.2, 0) is 4.74 Å². The highest BCUT2D eigenvalue weighted by atomic mass is 32.1. The molecule has 1 aliphatic rings. The number of ether oxygens (including phenoxy) is 3. The fraction of sp³-hybridized carbons (Fsp3) is 0.412. The van der Waals surface area contributed by atoms with Crippen molar-refractivity contribution in [3.05, 3.63) is 44.5 Å². The average Bonchev–Trinajstić information content (AvgIpc) is 2.64. The number of nitrogens with zero attached hydrogens (tertiary/aromatic N) is 1. The fourth-order valence-electron chi connectivity index (χ4n) is 3.24. The smallest absolute Gasteiger partial charge is 0.260 e. The van der Waals surface area contributed by atoms with Crippen LogP contribution in [0.2, 0.25) is 0 Å². The molecule has 0 amide bonds. The zero-order valence-corrected chi connectivity index (χ0v) is 15.4. The number of morpholine rings is 1. The highest BCUT2D eigenvalue weighted by molar-refractivity contribution is 7.71. The third-order valence-electron chi connectivity index (χ3n) is 4.37. The minimum Gasteiger partial charge on any atom is -0.494 e. The summed E-state index contributed by atoms with van der Waals surface area (Å²) in [5, 5.41) is 10.5. The average molecular weight is 379 g/mol. The van der Waals surface area contributed by atoms with Crippen molar-refractivity contribution in [3.8, 4) is 17.4 Å². The van der Waals surface area contributed by atoms with Gasteiger partial charge in [0.1, 0.15) is 0 Å². The van der Waals surface area contributed by atoms with E-state index in [2.05, 4.69) is 14.9 Å². The molecule has 8 nitrogen and oxygen atoms in total. The van der Waals surface area contributed by atoms with E-state index in [1.807, 2.05) is 12.1 Å². The zero-order chi connectivity index (χ0) is 18.7. The minimum atomic E-state index is -0.556. The Hall–Kier alpha value is -2.36. The third kappa shape index (κ3) is 3.46. The Balaban J connectivity index is 2.24. The van der Waals surface area contributed by atoms with Gasteiger partial charge in [0.25, 0.3) is 5.56 Å². The van der Waals surface area contributed by atoms with E-state index in [4.69, 9.17) is 26.4 Å². The Morgan fingerprint density at radius 1 is 1.23 bits per heavy atom. The van der Waals surface area contributed by atoms with Crippen LogP contribution in [0.1, 0.15) is 17.2 Å². The van der Waals surface area contributed by atoms with Crippen LogP contribution in [-0.4, -0.2) is 60.5 Å². The van der Waals surface area contributed by atoms with Gasteiger partial charge in [-0.2, -0.15) is 0 Å². The van der Waals surface area contributed by atoms with Crippen molar-refractivity contribution >= 4 is 12.2 Å². The van der Waals surface area contributed by atoms with Crippen molar-refractivity contribution in [1.82, 2.24) is 14.9 Å². The fourth-order valence-corrected chi connectivity index (χ4v) is 3.42. The number of aromatic amines is 2. The predicted octanol–water partition coefficient (Wildman–Crippen LogP) is 1.58. The first-order valence-corrected chi connectivity index (χ1v) is 8.55. The molecular formula is C17H21N3O5S. The summed E-state index contributed by atoms with van der Waals surface area (Å²) in [5.41, 5.74) is 0.430. The van der Waals surface area contributed by atoms with E-state index < -0.39 is 11.6 Å². The summed E-state index contributed by atoms with van der Waals surface area (Å²) in [6.07, 6.45) is 0. The standard InChI is InChI=1S/C17H21N3O5S/c1-23-11-5-3-4-10(14(11)24-2)13(20-6-8-25-9-7-20)12-15(21)18-17(26)19-16(12)22/h3-5,13H,6-9H2,1-2H3,(H3,18,19,21,22,26)/t13-/m1/s1. The van der Waals surface area contributed by atoms with Gasteiger partial charge in [-0.25, -0.2) is 0 Å². The van der Waals surface area contributed by atoms with Gasteiger partial charge in [0.15, 0.2) is 16.3 Å². The zero-order valence-electron chi connectivity index (χ0n) is 14.6. The van der Waals surface area contributed by atoms with Crippen molar-refractivity contribution in [2.24, 2.45) is 0 Å². The number of rotatable bonds is 5. The summed E-state index contributed by atoms with van der Waals surface area (Å²) >= 11 is 4.95.